The van der Waals surface area contributed by atoms with Gasteiger partial charge in [-0.2, -0.15) is 0 Å². The van der Waals surface area contributed by atoms with Gasteiger partial charge in [0, 0.05) is 32.3 Å². The molecule has 1 aromatic rings. The van der Waals surface area contributed by atoms with E-state index in [-0.39, 0.29) is 41.8 Å². The van der Waals surface area contributed by atoms with Crippen LogP contribution >= 0.6 is 0 Å². The molecule has 5 unspecified atom stereocenters. The summed E-state index contributed by atoms with van der Waals surface area (Å²) in [5.74, 6) is -0.496. The molecule has 1 heterocycles. The second-order valence-corrected chi connectivity index (χ2v) is 14.2. The molecule has 1 aliphatic rings. The third-order valence-electron chi connectivity index (χ3n) is 9.00. The molecule has 9 heteroatoms. The molecule has 0 aliphatic carbocycles. The summed E-state index contributed by atoms with van der Waals surface area (Å²) in [4.78, 5) is 45.4. The minimum atomic E-state index is -0.788. The molecule has 0 aromatic heterocycles. The van der Waals surface area contributed by atoms with Crippen molar-refractivity contribution in [2.45, 2.75) is 104 Å². The number of nitrogens with one attached hydrogen (secondary N) is 2. The Labute approximate surface area is 266 Å². The van der Waals surface area contributed by atoms with Crippen molar-refractivity contribution in [1.29, 1.82) is 0 Å². The van der Waals surface area contributed by atoms with Gasteiger partial charge < -0.3 is 29.9 Å². The highest BCUT2D eigenvalue weighted by Gasteiger charge is 2.42. The first kappa shape index (κ1) is 37.4. The van der Waals surface area contributed by atoms with Crippen molar-refractivity contribution in [2.75, 3.05) is 41.5 Å². The van der Waals surface area contributed by atoms with Crippen LogP contribution in [0.1, 0.15) is 73.8 Å². The van der Waals surface area contributed by atoms with Crippen LogP contribution in [0.3, 0.4) is 0 Å². The van der Waals surface area contributed by atoms with Gasteiger partial charge in [-0.05, 0) is 43.7 Å². The van der Waals surface area contributed by atoms with E-state index in [2.05, 4.69) is 10.6 Å². The lowest BCUT2D eigenvalue weighted by molar-refractivity contribution is -0.141. The van der Waals surface area contributed by atoms with Gasteiger partial charge in [-0.3, -0.25) is 14.4 Å². The molecule has 9 nitrogen and oxygen atoms in total. The number of carbonyl (C=O) groups excluding carboxylic acids is 3. The molecule has 5 atom stereocenters. The fraction of sp³-hybridized carbons (Fsp3) is 0.686. The predicted octanol–water partition coefficient (Wildman–Crippen LogP) is 4.16. The van der Waals surface area contributed by atoms with Crippen LogP contribution in [0.4, 0.5) is 0 Å². The van der Waals surface area contributed by atoms with Crippen LogP contribution in [-0.4, -0.2) is 99.3 Å². The molecule has 1 aromatic carbocycles. The molecule has 44 heavy (non-hydrogen) atoms. The molecule has 1 fully saturated rings. The average molecular weight is 615 g/mol. The number of nitrogens with zero attached hydrogens (tertiary/aromatic N) is 2. The van der Waals surface area contributed by atoms with E-state index in [1.807, 2.05) is 96.7 Å². The molecule has 1 aliphatic heterocycles. The summed E-state index contributed by atoms with van der Waals surface area (Å²) in [5.41, 5.74) is 0.495. The molecular weight excluding hydrogens is 556 g/mol. The molecule has 1 saturated heterocycles. The molecule has 3 amide bonds. The zero-order valence-electron chi connectivity index (χ0n) is 29.2. The van der Waals surface area contributed by atoms with E-state index in [4.69, 9.17) is 9.47 Å². The Morgan fingerprint density at radius 3 is 1.93 bits per heavy atom. The highest BCUT2D eigenvalue weighted by molar-refractivity contribution is 5.94. The summed E-state index contributed by atoms with van der Waals surface area (Å²) in [7, 11) is 6.82. The molecular formula is C35H58N4O5. The topological polar surface area (TPSA) is 100 Å². The standard InChI is InChI=1S/C35H58N4O5/c1-23(2)28(20-24(3)32(41)39-26(21-43-11)18-19-27(39)22-44-12)38(10)33(42)30(34(4,5)6)37-31(40)29(36-9)35(7,8)25-16-14-13-15-17-25/h13-17,20,23,26-30,36H,18-19,21-22H2,1-12H3,(H,37,40)/b24-20+. The quantitative estimate of drug-likeness (QED) is 0.305. The van der Waals surface area contributed by atoms with Crippen molar-refractivity contribution in [3.8, 4) is 0 Å². The van der Waals surface area contributed by atoms with Gasteiger partial charge in [0.1, 0.15) is 6.04 Å². The first-order chi connectivity index (χ1) is 20.5. The number of likely N-dealkylation sites (N-methyl/N-ethyl adjacent to an activating group) is 2. The largest absolute Gasteiger partial charge is 0.383 e. The number of benzene rings is 1. The van der Waals surface area contributed by atoms with Crippen molar-refractivity contribution < 1.29 is 23.9 Å². The second-order valence-electron chi connectivity index (χ2n) is 14.2. The molecule has 2 N–H and O–H groups in total. The van der Waals surface area contributed by atoms with Gasteiger partial charge in [0.15, 0.2) is 0 Å². The number of hydrogen-bond acceptors (Lipinski definition) is 6. The minimum absolute atomic E-state index is 0.0198. The highest BCUT2D eigenvalue weighted by Crippen LogP contribution is 2.30. The Bertz CT molecular complexity index is 1110. The molecule has 2 rings (SSSR count). The van der Waals surface area contributed by atoms with Gasteiger partial charge in [0.2, 0.25) is 17.7 Å². The number of hydrogen-bond donors (Lipinski definition) is 2. The number of rotatable bonds is 14. The number of methoxy groups -OCH3 is 2. The highest BCUT2D eigenvalue weighted by atomic mass is 16.5. The fourth-order valence-electron chi connectivity index (χ4n) is 6.37. The normalized spacial score (nSPS) is 19.9. The van der Waals surface area contributed by atoms with E-state index in [9.17, 15) is 14.4 Å². The smallest absolute Gasteiger partial charge is 0.249 e. The van der Waals surface area contributed by atoms with Crippen molar-refractivity contribution in [2.24, 2.45) is 11.3 Å². The van der Waals surface area contributed by atoms with Crippen LogP contribution in [0, 0.1) is 11.3 Å². The molecule has 0 bridgehead atoms. The van der Waals surface area contributed by atoms with Gasteiger partial charge in [-0.15, -0.1) is 0 Å². The number of amides is 3. The lowest BCUT2D eigenvalue weighted by Gasteiger charge is -2.40. The summed E-state index contributed by atoms with van der Waals surface area (Å²) in [6.07, 6.45) is 3.61. The van der Waals surface area contributed by atoms with E-state index in [0.29, 0.717) is 18.8 Å². The van der Waals surface area contributed by atoms with E-state index in [1.54, 1.807) is 33.2 Å². The van der Waals surface area contributed by atoms with Crippen molar-refractivity contribution in [1.82, 2.24) is 20.4 Å². The van der Waals surface area contributed by atoms with Gasteiger partial charge in [-0.1, -0.05) is 84.9 Å². The molecule has 248 valence electrons. The van der Waals surface area contributed by atoms with Crippen LogP contribution in [-0.2, 0) is 29.3 Å². The third-order valence-corrected chi connectivity index (χ3v) is 9.00. The van der Waals surface area contributed by atoms with Crippen LogP contribution < -0.4 is 10.6 Å². The second kappa shape index (κ2) is 16.0. The maximum Gasteiger partial charge on any atom is 0.249 e. The Morgan fingerprint density at radius 2 is 1.50 bits per heavy atom. The maximum atomic E-state index is 14.2. The van der Waals surface area contributed by atoms with Crippen molar-refractivity contribution >= 4 is 17.7 Å². The van der Waals surface area contributed by atoms with Gasteiger partial charge in [-0.25, -0.2) is 0 Å². The Kier molecular flexibility index (Phi) is 13.6. The van der Waals surface area contributed by atoms with E-state index < -0.39 is 22.9 Å². The number of ether oxygens (including phenoxy) is 2. The molecule has 0 radical (unpaired) electrons. The van der Waals surface area contributed by atoms with Crippen LogP contribution in [0.5, 0.6) is 0 Å². The Hall–Kier alpha value is -2.75. The van der Waals surface area contributed by atoms with Crippen LogP contribution in [0.15, 0.2) is 42.0 Å². The minimum Gasteiger partial charge on any atom is -0.383 e. The summed E-state index contributed by atoms with van der Waals surface area (Å²) < 4.78 is 10.8. The molecule has 0 spiro atoms. The molecule has 0 saturated carbocycles. The lowest BCUT2D eigenvalue weighted by Crippen LogP contribution is -2.61. The van der Waals surface area contributed by atoms with Crippen LogP contribution in [0.25, 0.3) is 0 Å². The number of carbonyl (C=O) groups is 3. The first-order valence-corrected chi connectivity index (χ1v) is 15.8. The third kappa shape index (κ3) is 8.92. The SMILES string of the molecule is CNC(C(=O)NC(C(=O)N(C)C(/C=C(\C)C(=O)N1C(COC)CCC1COC)C(C)C)C(C)(C)C)C(C)(C)c1ccccc1. The lowest BCUT2D eigenvalue weighted by atomic mass is 9.76. The summed E-state index contributed by atoms with van der Waals surface area (Å²) >= 11 is 0. The van der Waals surface area contributed by atoms with Crippen molar-refractivity contribution in [3.63, 3.8) is 0 Å². The van der Waals surface area contributed by atoms with E-state index >= 15 is 0 Å². The van der Waals surface area contributed by atoms with Gasteiger partial charge in [0.25, 0.3) is 0 Å². The average Bonchev–Trinajstić information content (AvgIpc) is 3.35. The predicted molar refractivity (Wildman–Crippen MR) is 176 cm³/mol. The fourth-order valence-corrected chi connectivity index (χ4v) is 6.37. The maximum absolute atomic E-state index is 14.2. The van der Waals surface area contributed by atoms with E-state index in [1.165, 1.54) is 0 Å². The summed E-state index contributed by atoms with van der Waals surface area (Å²) in [6.45, 7) is 16.7. The van der Waals surface area contributed by atoms with Crippen molar-refractivity contribution in [3.05, 3.63) is 47.5 Å². The summed E-state index contributed by atoms with van der Waals surface area (Å²) in [5, 5.41) is 6.29. The summed E-state index contributed by atoms with van der Waals surface area (Å²) in [6, 6.07) is 8.14. The van der Waals surface area contributed by atoms with Gasteiger partial charge in [0.05, 0.1) is 37.4 Å². The Morgan fingerprint density at radius 1 is 0.977 bits per heavy atom. The first-order valence-electron chi connectivity index (χ1n) is 15.8. The number of likely N-dealkylation sites (tertiary alicyclic amines) is 1. The Balaban J connectivity index is 2.36. The monoisotopic (exact) mass is 614 g/mol. The zero-order valence-corrected chi connectivity index (χ0v) is 29.2. The van der Waals surface area contributed by atoms with Gasteiger partial charge >= 0.3 is 0 Å². The van der Waals surface area contributed by atoms with E-state index in [0.717, 1.165) is 18.4 Å². The van der Waals surface area contributed by atoms with Crippen LogP contribution in [0.2, 0.25) is 0 Å². The zero-order chi connectivity index (χ0) is 33.4.